The summed E-state index contributed by atoms with van der Waals surface area (Å²) in [5.41, 5.74) is 0.376. The van der Waals surface area contributed by atoms with E-state index in [1.54, 1.807) is 0 Å². The highest BCUT2D eigenvalue weighted by Gasteiger charge is 2.52. The number of fused-ring (bicyclic) bond motifs is 3. The number of carbonyl (C=O) groups is 1. The van der Waals surface area contributed by atoms with E-state index in [0.717, 1.165) is 30.6 Å². The highest BCUT2D eigenvalue weighted by Crippen LogP contribution is 2.59. The van der Waals surface area contributed by atoms with E-state index in [9.17, 15) is 4.79 Å². The number of hydrogen-bond donors (Lipinski definition) is 0. The van der Waals surface area contributed by atoms with Crippen LogP contribution in [-0.4, -0.2) is 5.78 Å². The molecular formula is C18H28O. The van der Waals surface area contributed by atoms with Gasteiger partial charge in [0.05, 0.1) is 0 Å². The van der Waals surface area contributed by atoms with Crippen molar-refractivity contribution in [1.82, 2.24) is 0 Å². The van der Waals surface area contributed by atoms with E-state index in [4.69, 9.17) is 0 Å². The zero-order chi connectivity index (χ0) is 13.6. The fourth-order valence-corrected chi connectivity index (χ4v) is 5.30. The van der Waals surface area contributed by atoms with Crippen LogP contribution in [0.25, 0.3) is 0 Å². The van der Waals surface area contributed by atoms with Gasteiger partial charge in [0.1, 0.15) is 5.78 Å². The van der Waals surface area contributed by atoms with Crippen LogP contribution in [0, 0.1) is 35.0 Å². The first-order valence-electron chi connectivity index (χ1n) is 8.25. The van der Waals surface area contributed by atoms with Crippen LogP contribution in [0.4, 0.5) is 0 Å². The second-order valence-corrected chi connectivity index (χ2v) is 7.74. The smallest absolute Gasteiger partial charge is 0.140 e. The lowest BCUT2D eigenvalue weighted by Gasteiger charge is -2.44. The Labute approximate surface area is 117 Å². The van der Waals surface area contributed by atoms with Crippen LogP contribution in [0.3, 0.4) is 0 Å². The average molecular weight is 260 g/mol. The van der Waals surface area contributed by atoms with Crippen LogP contribution < -0.4 is 0 Å². The maximum atomic E-state index is 12.4. The minimum atomic E-state index is 0.250. The van der Waals surface area contributed by atoms with Crippen molar-refractivity contribution in [2.24, 2.45) is 35.0 Å². The van der Waals surface area contributed by atoms with Gasteiger partial charge in [0.25, 0.3) is 0 Å². The van der Waals surface area contributed by atoms with Gasteiger partial charge in [-0.1, -0.05) is 39.3 Å². The summed E-state index contributed by atoms with van der Waals surface area (Å²) < 4.78 is 0. The van der Waals surface area contributed by atoms with E-state index in [2.05, 4.69) is 32.9 Å². The molecule has 1 heteroatoms. The molecule has 0 unspecified atom stereocenters. The van der Waals surface area contributed by atoms with Crippen LogP contribution in [0.15, 0.2) is 12.2 Å². The van der Waals surface area contributed by atoms with Gasteiger partial charge in [-0.15, -0.1) is 0 Å². The Bertz CT molecular complexity index is 394. The van der Waals surface area contributed by atoms with Gasteiger partial charge in [-0.3, -0.25) is 4.79 Å². The topological polar surface area (TPSA) is 17.1 Å². The van der Waals surface area contributed by atoms with Gasteiger partial charge in [0.2, 0.25) is 0 Å². The van der Waals surface area contributed by atoms with Crippen molar-refractivity contribution < 1.29 is 4.79 Å². The molecule has 0 aromatic heterocycles. The molecule has 1 nitrogen and oxygen atoms in total. The third-order valence-electron chi connectivity index (χ3n) is 6.28. The Morgan fingerprint density at radius 1 is 1.26 bits per heavy atom. The molecule has 5 atom stereocenters. The third-order valence-corrected chi connectivity index (χ3v) is 6.28. The summed E-state index contributed by atoms with van der Waals surface area (Å²) in [6.45, 7) is 7.20. The molecule has 2 fully saturated rings. The van der Waals surface area contributed by atoms with Gasteiger partial charge < -0.3 is 0 Å². The molecule has 0 spiro atoms. The maximum Gasteiger partial charge on any atom is 0.140 e. The minimum absolute atomic E-state index is 0.250. The Morgan fingerprint density at radius 3 is 2.79 bits per heavy atom. The summed E-state index contributed by atoms with van der Waals surface area (Å²) in [6.07, 6.45) is 11.9. The van der Waals surface area contributed by atoms with E-state index < -0.39 is 0 Å². The normalized spacial score (nSPS) is 46.0. The molecule has 2 saturated carbocycles. The predicted molar refractivity (Wildman–Crippen MR) is 78.8 cm³/mol. The van der Waals surface area contributed by atoms with Crippen LogP contribution in [0.1, 0.15) is 59.3 Å². The van der Waals surface area contributed by atoms with Gasteiger partial charge in [-0.2, -0.15) is 0 Å². The highest BCUT2D eigenvalue weighted by molar-refractivity contribution is 5.83. The average Bonchev–Trinajstić information content (AvgIpc) is 2.61. The summed E-state index contributed by atoms with van der Waals surface area (Å²) in [4.78, 5) is 12.4. The van der Waals surface area contributed by atoms with Gasteiger partial charge in [-0.05, 0) is 54.8 Å². The Hall–Kier alpha value is -0.590. The predicted octanol–water partition coefficient (Wildman–Crippen LogP) is 4.62. The number of carbonyl (C=O) groups excluding carboxylic acids is 1. The first-order chi connectivity index (χ1) is 9.03. The van der Waals surface area contributed by atoms with Crippen molar-refractivity contribution in [3.05, 3.63) is 12.2 Å². The second kappa shape index (κ2) is 4.75. The molecule has 0 aromatic carbocycles. The first-order valence-corrected chi connectivity index (χ1v) is 8.25. The molecule has 19 heavy (non-hydrogen) atoms. The molecule has 0 N–H and O–H groups in total. The lowest BCUT2D eigenvalue weighted by molar-refractivity contribution is -0.124. The molecule has 0 aliphatic heterocycles. The lowest BCUT2D eigenvalue weighted by atomic mass is 9.59. The first kappa shape index (κ1) is 13.4. The van der Waals surface area contributed by atoms with Gasteiger partial charge in [-0.25, -0.2) is 0 Å². The summed E-state index contributed by atoms with van der Waals surface area (Å²) in [6, 6.07) is 0. The minimum Gasteiger partial charge on any atom is -0.299 e. The van der Waals surface area contributed by atoms with Crippen LogP contribution >= 0.6 is 0 Å². The summed E-state index contributed by atoms with van der Waals surface area (Å²) in [5.74, 6) is 3.75. The Balaban J connectivity index is 1.97. The van der Waals surface area contributed by atoms with Crippen molar-refractivity contribution in [3.8, 4) is 0 Å². The molecule has 0 saturated heterocycles. The molecule has 3 aliphatic carbocycles. The molecule has 3 aliphatic rings. The van der Waals surface area contributed by atoms with Gasteiger partial charge in [0, 0.05) is 12.3 Å². The van der Waals surface area contributed by atoms with E-state index >= 15 is 0 Å². The molecule has 0 aromatic rings. The molecule has 0 radical (unpaired) electrons. The molecular weight excluding hydrogens is 232 g/mol. The van der Waals surface area contributed by atoms with Crippen LogP contribution in [-0.2, 0) is 4.79 Å². The van der Waals surface area contributed by atoms with Crippen LogP contribution in [0.5, 0.6) is 0 Å². The number of ketones is 1. The number of allylic oxidation sites excluding steroid dienone is 2. The van der Waals surface area contributed by atoms with Crippen LogP contribution in [0.2, 0.25) is 0 Å². The molecule has 0 bridgehead atoms. The van der Waals surface area contributed by atoms with E-state index in [1.165, 1.54) is 25.7 Å². The Kier molecular flexibility index (Phi) is 3.35. The van der Waals surface area contributed by atoms with Gasteiger partial charge in [0.15, 0.2) is 0 Å². The number of rotatable bonds is 1. The van der Waals surface area contributed by atoms with Crippen molar-refractivity contribution in [1.29, 1.82) is 0 Å². The lowest BCUT2D eigenvalue weighted by Crippen LogP contribution is -2.40. The third kappa shape index (κ3) is 2.10. The SMILES string of the molecule is CC(C)[C@H]1CC[C@]2(C)C=C[C@H]3C(=O)CCCC[C@@H]3[C@H]12. The Morgan fingerprint density at radius 2 is 2.05 bits per heavy atom. The monoisotopic (exact) mass is 260 g/mol. The molecule has 106 valence electrons. The summed E-state index contributed by atoms with van der Waals surface area (Å²) in [5, 5.41) is 0. The fraction of sp³-hybridized carbons (Fsp3) is 0.833. The van der Waals surface area contributed by atoms with E-state index in [1.807, 2.05) is 0 Å². The summed E-state index contributed by atoms with van der Waals surface area (Å²) >= 11 is 0. The fourth-order valence-electron chi connectivity index (χ4n) is 5.30. The second-order valence-electron chi connectivity index (χ2n) is 7.74. The summed E-state index contributed by atoms with van der Waals surface area (Å²) in [7, 11) is 0. The van der Waals surface area contributed by atoms with E-state index in [-0.39, 0.29) is 5.92 Å². The van der Waals surface area contributed by atoms with E-state index in [0.29, 0.717) is 17.1 Å². The largest absolute Gasteiger partial charge is 0.299 e. The molecule has 0 amide bonds. The molecule has 0 heterocycles. The maximum absolute atomic E-state index is 12.4. The van der Waals surface area contributed by atoms with Crippen molar-refractivity contribution >= 4 is 5.78 Å². The quantitative estimate of drug-likeness (QED) is 0.629. The zero-order valence-electron chi connectivity index (χ0n) is 12.7. The van der Waals surface area contributed by atoms with Crippen molar-refractivity contribution in [2.75, 3.05) is 0 Å². The standard InChI is InChI=1S/C18H28O/c1-12(2)13-8-10-18(3)11-9-14-15(17(13)18)6-4-5-7-16(14)19/h9,11-15,17H,4-8,10H2,1-3H3/t13-,14-,15+,17+,18-/m1/s1. The highest BCUT2D eigenvalue weighted by atomic mass is 16.1. The molecule has 3 rings (SSSR count). The number of hydrogen-bond acceptors (Lipinski definition) is 1. The zero-order valence-corrected chi connectivity index (χ0v) is 12.7. The number of Topliss-reactive ketones (excluding diaryl/α,β-unsaturated/α-hetero) is 1. The van der Waals surface area contributed by atoms with Crippen molar-refractivity contribution in [3.63, 3.8) is 0 Å². The van der Waals surface area contributed by atoms with Crippen molar-refractivity contribution in [2.45, 2.75) is 59.3 Å². The van der Waals surface area contributed by atoms with Gasteiger partial charge >= 0.3 is 0 Å².